The van der Waals surface area contributed by atoms with E-state index in [0.717, 1.165) is 38.6 Å². The van der Waals surface area contributed by atoms with Gasteiger partial charge in [-0.1, -0.05) is 29.8 Å². The van der Waals surface area contributed by atoms with E-state index in [4.69, 9.17) is 11.6 Å². The molecule has 3 rings (SSSR count). The number of hydrogen-bond acceptors (Lipinski definition) is 3. The molecule has 1 atom stereocenters. The molecule has 0 saturated carbocycles. The van der Waals surface area contributed by atoms with E-state index in [-0.39, 0.29) is 17.7 Å². The van der Waals surface area contributed by atoms with Crippen LogP contribution in [0.4, 0.5) is 0 Å². The van der Waals surface area contributed by atoms with Crippen LogP contribution in [0.1, 0.15) is 41.7 Å². The molecule has 0 spiro atoms. The quantitative estimate of drug-likeness (QED) is 0.851. The van der Waals surface area contributed by atoms with E-state index in [9.17, 15) is 9.90 Å². The number of halogens is 1. The first-order valence-corrected chi connectivity index (χ1v) is 8.73. The standard InChI is InChI=1S/C19H21ClN2O2/c20-18-6-3-5-17(21-18)19(24)22-13-2-1-4-15(22)10-7-14-8-11-16(23)12-9-14/h3,5-6,8-9,11-12,15,23H,1-2,4,7,10,13H2. The summed E-state index contributed by atoms with van der Waals surface area (Å²) in [5.74, 6) is 0.244. The first-order chi connectivity index (χ1) is 11.6. The van der Waals surface area contributed by atoms with Gasteiger partial charge in [0.1, 0.15) is 16.6 Å². The Morgan fingerprint density at radius 3 is 2.75 bits per heavy atom. The van der Waals surface area contributed by atoms with Gasteiger partial charge in [-0.2, -0.15) is 0 Å². The third kappa shape index (κ3) is 4.06. The first-order valence-electron chi connectivity index (χ1n) is 8.35. The van der Waals surface area contributed by atoms with Gasteiger partial charge >= 0.3 is 0 Å². The largest absolute Gasteiger partial charge is 0.508 e. The van der Waals surface area contributed by atoms with Gasteiger partial charge < -0.3 is 10.0 Å². The molecular weight excluding hydrogens is 324 g/mol. The molecule has 24 heavy (non-hydrogen) atoms. The zero-order valence-electron chi connectivity index (χ0n) is 13.5. The Bertz CT molecular complexity index is 703. The number of carbonyl (C=O) groups is 1. The summed E-state index contributed by atoms with van der Waals surface area (Å²) in [6, 6.07) is 12.7. The van der Waals surface area contributed by atoms with Gasteiger partial charge in [0.2, 0.25) is 0 Å². The summed E-state index contributed by atoms with van der Waals surface area (Å²) < 4.78 is 0. The number of amides is 1. The highest BCUT2D eigenvalue weighted by atomic mass is 35.5. The monoisotopic (exact) mass is 344 g/mol. The molecule has 0 aliphatic carbocycles. The number of aromatic nitrogens is 1. The zero-order chi connectivity index (χ0) is 16.9. The summed E-state index contributed by atoms with van der Waals surface area (Å²) in [5.41, 5.74) is 1.59. The van der Waals surface area contributed by atoms with Crippen molar-refractivity contribution < 1.29 is 9.90 Å². The molecule has 1 saturated heterocycles. The number of aromatic hydroxyl groups is 1. The van der Waals surface area contributed by atoms with Gasteiger partial charge in [0, 0.05) is 12.6 Å². The van der Waals surface area contributed by atoms with Gasteiger partial charge in [-0.15, -0.1) is 0 Å². The number of piperidine rings is 1. The molecule has 1 N–H and O–H groups in total. The minimum Gasteiger partial charge on any atom is -0.508 e. The van der Waals surface area contributed by atoms with Gasteiger partial charge in [-0.05, 0) is 61.9 Å². The maximum Gasteiger partial charge on any atom is 0.272 e. The van der Waals surface area contributed by atoms with Crippen molar-refractivity contribution in [2.75, 3.05) is 6.54 Å². The molecule has 126 valence electrons. The summed E-state index contributed by atoms with van der Waals surface area (Å²) in [5, 5.41) is 9.71. The van der Waals surface area contributed by atoms with Crippen molar-refractivity contribution in [1.82, 2.24) is 9.88 Å². The number of pyridine rings is 1. The van der Waals surface area contributed by atoms with Crippen LogP contribution in [-0.2, 0) is 6.42 Å². The SMILES string of the molecule is O=C(c1cccc(Cl)n1)N1CCCCC1CCc1ccc(O)cc1. The van der Waals surface area contributed by atoms with E-state index < -0.39 is 0 Å². The second-order valence-corrected chi connectivity index (χ2v) is 6.59. The summed E-state index contributed by atoms with van der Waals surface area (Å²) in [7, 11) is 0. The number of likely N-dealkylation sites (tertiary alicyclic amines) is 1. The summed E-state index contributed by atoms with van der Waals surface area (Å²) in [4.78, 5) is 18.9. The lowest BCUT2D eigenvalue weighted by Crippen LogP contribution is -2.44. The summed E-state index contributed by atoms with van der Waals surface area (Å²) in [6.07, 6.45) is 4.99. The van der Waals surface area contributed by atoms with Crippen LogP contribution in [0.15, 0.2) is 42.5 Å². The average molecular weight is 345 g/mol. The zero-order valence-corrected chi connectivity index (χ0v) is 14.2. The third-order valence-corrected chi connectivity index (χ3v) is 4.74. The Labute approximate surface area is 147 Å². The number of carbonyl (C=O) groups excluding carboxylic acids is 1. The van der Waals surface area contributed by atoms with Crippen LogP contribution in [-0.4, -0.2) is 33.5 Å². The highest BCUT2D eigenvalue weighted by Gasteiger charge is 2.28. The number of benzene rings is 1. The molecule has 1 aliphatic rings. The molecule has 1 aliphatic heterocycles. The van der Waals surface area contributed by atoms with Crippen LogP contribution in [0.3, 0.4) is 0 Å². The van der Waals surface area contributed by atoms with Crippen molar-refractivity contribution in [2.45, 2.75) is 38.1 Å². The maximum absolute atomic E-state index is 12.8. The molecule has 0 bridgehead atoms. The highest BCUT2D eigenvalue weighted by molar-refractivity contribution is 6.29. The Balaban J connectivity index is 1.68. The maximum atomic E-state index is 12.8. The van der Waals surface area contributed by atoms with Gasteiger partial charge in [0.25, 0.3) is 5.91 Å². The molecule has 2 heterocycles. The predicted molar refractivity (Wildman–Crippen MR) is 94.4 cm³/mol. The normalized spacial score (nSPS) is 17.7. The fourth-order valence-corrected chi connectivity index (χ4v) is 3.40. The molecular formula is C19H21ClN2O2. The lowest BCUT2D eigenvalue weighted by molar-refractivity contribution is 0.0596. The van der Waals surface area contributed by atoms with E-state index >= 15 is 0 Å². The highest BCUT2D eigenvalue weighted by Crippen LogP contribution is 2.24. The van der Waals surface area contributed by atoms with Gasteiger partial charge in [-0.3, -0.25) is 4.79 Å². The van der Waals surface area contributed by atoms with Crippen molar-refractivity contribution in [3.8, 4) is 5.75 Å². The lowest BCUT2D eigenvalue weighted by Gasteiger charge is -2.35. The van der Waals surface area contributed by atoms with Crippen molar-refractivity contribution in [2.24, 2.45) is 0 Å². The number of rotatable bonds is 4. The average Bonchev–Trinajstić information content (AvgIpc) is 2.61. The van der Waals surface area contributed by atoms with Crippen LogP contribution in [0.25, 0.3) is 0 Å². The third-order valence-electron chi connectivity index (χ3n) is 4.52. The smallest absolute Gasteiger partial charge is 0.272 e. The van der Waals surface area contributed by atoms with E-state index in [2.05, 4.69) is 4.98 Å². The second kappa shape index (κ2) is 7.67. The van der Waals surface area contributed by atoms with Crippen LogP contribution >= 0.6 is 11.6 Å². The molecule has 1 aromatic carbocycles. The van der Waals surface area contributed by atoms with Crippen molar-refractivity contribution in [1.29, 1.82) is 0 Å². The molecule has 1 fully saturated rings. The van der Waals surface area contributed by atoms with Crippen molar-refractivity contribution >= 4 is 17.5 Å². The van der Waals surface area contributed by atoms with Crippen molar-refractivity contribution in [3.05, 3.63) is 58.9 Å². The molecule has 5 heteroatoms. The Morgan fingerprint density at radius 2 is 2.00 bits per heavy atom. The van der Waals surface area contributed by atoms with E-state index in [1.54, 1.807) is 30.3 Å². The molecule has 0 radical (unpaired) electrons. The molecule has 1 amide bonds. The minimum absolute atomic E-state index is 0.0343. The Morgan fingerprint density at radius 1 is 1.21 bits per heavy atom. The van der Waals surface area contributed by atoms with Crippen LogP contribution < -0.4 is 0 Å². The topological polar surface area (TPSA) is 53.4 Å². The fourth-order valence-electron chi connectivity index (χ4n) is 3.24. The number of phenolic OH excluding ortho intramolecular Hbond substituents is 1. The summed E-state index contributed by atoms with van der Waals surface area (Å²) >= 11 is 5.92. The first kappa shape index (κ1) is 16.8. The molecule has 1 aromatic heterocycles. The molecule has 4 nitrogen and oxygen atoms in total. The van der Waals surface area contributed by atoms with E-state index in [1.807, 2.05) is 17.0 Å². The fraction of sp³-hybridized carbons (Fsp3) is 0.368. The number of phenols is 1. The lowest BCUT2D eigenvalue weighted by atomic mass is 9.95. The number of aryl methyl sites for hydroxylation is 1. The number of nitrogens with zero attached hydrogens (tertiary/aromatic N) is 2. The van der Waals surface area contributed by atoms with E-state index in [1.165, 1.54) is 5.56 Å². The van der Waals surface area contributed by atoms with Crippen LogP contribution in [0, 0.1) is 0 Å². The molecule has 1 unspecified atom stereocenters. The Kier molecular flexibility index (Phi) is 5.36. The molecule has 2 aromatic rings. The van der Waals surface area contributed by atoms with Gasteiger partial charge in [-0.25, -0.2) is 4.98 Å². The van der Waals surface area contributed by atoms with Crippen molar-refractivity contribution in [3.63, 3.8) is 0 Å². The summed E-state index contributed by atoms with van der Waals surface area (Å²) in [6.45, 7) is 0.771. The van der Waals surface area contributed by atoms with Gasteiger partial charge in [0.15, 0.2) is 0 Å². The second-order valence-electron chi connectivity index (χ2n) is 6.20. The van der Waals surface area contributed by atoms with E-state index in [0.29, 0.717) is 10.8 Å². The minimum atomic E-state index is -0.0343. The van der Waals surface area contributed by atoms with Crippen LogP contribution in [0.2, 0.25) is 5.15 Å². The van der Waals surface area contributed by atoms with Gasteiger partial charge in [0.05, 0.1) is 0 Å². The number of hydrogen-bond donors (Lipinski definition) is 1. The van der Waals surface area contributed by atoms with Crippen LogP contribution in [0.5, 0.6) is 5.75 Å². The Hall–Kier alpha value is -2.07. The predicted octanol–water partition coefficient (Wildman–Crippen LogP) is 4.07.